The Morgan fingerprint density at radius 3 is 2.85 bits per heavy atom. The second-order valence-corrected chi connectivity index (χ2v) is 6.77. The van der Waals surface area contributed by atoms with Crippen molar-refractivity contribution >= 4 is 22.8 Å². The number of hydrogen-bond donors (Lipinski definition) is 1. The molecule has 5 heteroatoms. The van der Waals surface area contributed by atoms with E-state index in [2.05, 4.69) is 17.2 Å². The molecule has 0 bridgehead atoms. The number of pyridine rings is 1. The summed E-state index contributed by atoms with van der Waals surface area (Å²) in [5.74, 6) is -0.673. The molecule has 138 valence electrons. The molecule has 1 aromatic carbocycles. The fourth-order valence-electron chi connectivity index (χ4n) is 3.48. The van der Waals surface area contributed by atoms with E-state index in [1.165, 1.54) is 6.42 Å². The number of ether oxygens (including phenoxy) is 1. The van der Waals surface area contributed by atoms with Crippen molar-refractivity contribution in [3.63, 3.8) is 0 Å². The molecule has 0 fully saturated rings. The topological polar surface area (TPSA) is 68.3 Å². The third-order valence-corrected chi connectivity index (χ3v) is 4.81. The summed E-state index contributed by atoms with van der Waals surface area (Å²) < 4.78 is 5.32. The van der Waals surface area contributed by atoms with Crippen LogP contribution in [0.1, 0.15) is 60.6 Å². The van der Waals surface area contributed by atoms with Crippen molar-refractivity contribution in [2.75, 3.05) is 13.2 Å². The van der Waals surface area contributed by atoms with Crippen LogP contribution in [0.4, 0.5) is 0 Å². The first-order valence-corrected chi connectivity index (χ1v) is 9.55. The van der Waals surface area contributed by atoms with E-state index < -0.39 is 5.97 Å². The molecule has 0 aliphatic heterocycles. The molecule has 0 radical (unpaired) electrons. The van der Waals surface area contributed by atoms with Crippen LogP contribution in [-0.2, 0) is 22.4 Å². The monoisotopic (exact) mass is 354 g/mol. The molecular weight excluding hydrogens is 328 g/mol. The normalized spacial score (nSPS) is 12.8. The standard InChI is InChI=1S/C21H26N2O3/c1-2-3-4-7-13-22-19(24)14-26-21(25)20-15-9-5-6-11-17(15)23-18-12-8-10-16(18)20/h5-6,9,11H,2-4,7-8,10,12-14H2,1H3,(H,22,24). The van der Waals surface area contributed by atoms with Gasteiger partial charge in [-0.15, -0.1) is 0 Å². The van der Waals surface area contributed by atoms with Gasteiger partial charge in [0.15, 0.2) is 6.61 Å². The first-order chi connectivity index (χ1) is 12.7. The lowest BCUT2D eigenvalue weighted by Crippen LogP contribution is -2.29. The molecule has 1 heterocycles. The number of hydrogen-bond acceptors (Lipinski definition) is 4. The number of esters is 1. The van der Waals surface area contributed by atoms with Gasteiger partial charge in [0.2, 0.25) is 0 Å². The Kier molecular flexibility index (Phi) is 6.21. The van der Waals surface area contributed by atoms with E-state index in [0.717, 1.165) is 60.7 Å². The highest BCUT2D eigenvalue weighted by Gasteiger charge is 2.25. The van der Waals surface area contributed by atoms with Crippen molar-refractivity contribution in [2.45, 2.75) is 51.9 Å². The zero-order valence-electron chi connectivity index (χ0n) is 15.3. The lowest BCUT2D eigenvalue weighted by Gasteiger charge is -2.12. The maximum absolute atomic E-state index is 12.7. The molecule has 0 atom stereocenters. The largest absolute Gasteiger partial charge is 0.452 e. The van der Waals surface area contributed by atoms with Crippen LogP contribution >= 0.6 is 0 Å². The van der Waals surface area contributed by atoms with Crippen LogP contribution in [-0.4, -0.2) is 30.0 Å². The quantitative estimate of drug-likeness (QED) is 0.581. The summed E-state index contributed by atoms with van der Waals surface area (Å²) in [5.41, 5.74) is 3.35. The molecule has 1 N–H and O–H groups in total. The summed E-state index contributed by atoms with van der Waals surface area (Å²) in [7, 11) is 0. The number of nitrogens with one attached hydrogen (secondary N) is 1. The van der Waals surface area contributed by atoms with Gasteiger partial charge in [0.05, 0.1) is 11.1 Å². The minimum atomic E-state index is -0.428. The highest BCUT2D eigenvalue weighted by atomic mass is 16.5. The maximum Gasteiger partial charge on any atom is 0.339 e. The molecule has 1 amide bonds. The predicted molar refractivity (Wildman–Crippen MR) is 101 cm³/mol. The van der Waals surface area contributed by atoms with Crippen molar-refractivity contribution in [1.29, 1.82) is 0 Å². The summed E-state index contributed by atoms with van der Waals surface area (Å²) in [6, 6.07) is 7.61. The van der Waals surface area contributed by atoms with Gasteiger partial charge in [-0.25, -0.2) is 4.79 Å². The fraction of sp³-hybridized carbons (Fsp3) is 0.476. The van der Waals surface area contributed by atoms with Gasteiger partial charge in [0.1, 0.15) is 0 Å². The average Bonchev–Trinajstić information content (AvgIpc) is 3.11. The van der Waals surface area contributed by atoms with Gasteiger partial charge in [-0.05, 0) is 37.3 Å². The molecule has 0 saturated carbocycles. The zero-order valence-corrected chi connectivity index (χ0v) is 15.3. The van der Waals surface area contributed by atoms with E-state index in [9.17, 15) is 9.59 Å². The lowest BCUT2D eigenvalue weighted by molar-refractivity contribution is -0.124. The van der Waals surface area contributed by atoms with Crippen molar-refractivity contribution in [3.8, 4) is 0 Å². The average molecular weight is 354 g/mol. The van der Waals surface area contributed by atoms with Gasteiger partial charge >= 0.3 is 5.97 Å². The maximum atomic E-state index is 12.7. The number of amides is 1. The van der Waals surface area contributed by atoms with E-state index in [1.54, 1.807) is 0 Å². The first-order valence-electron chi connectivity index (χ1n) is 9.55. The number of carbonyl (C=O) groups is 2. The molecule has 0 spiro atoms. The predicted octanol–water partition coefficient (Wildman–Crippen LogP) is 3.58. The minimum Gasteiger partial charge on any atom is -0.452 e. The summed E-state index contributed by atoms with van der Waals surface area (Å²) >= 11 is 0. The molecule has 2 aromatic rings. The molecule has 1 aromatic heterocycles. The SMILES string of the molecule is CCCCCCNC(=O)COC(=O)c1c2c(nc3ccccc13)CCC2. The summed E-state index contributed by atoms with van der Waals surface area (Å²) in [4.78, 5) is 29.3. The Bertz CT molecular complexity index is 801. The Balaban J connectivity index is 1.64. The van der Waals surface area contributed by atoms with Crippen molar-refractivity contribution in [1.82, 2.24) is 10.3 Å². The molecule has 5 nitrogen and oxygen atoms in total. The number of fused-ring (bicyclic) bond motifs is 2. The molecule has 0 saturated heterocycles. The van der Waals surface area contributed by atoms with E-state index in [-0.39, 0.29) is 12.5 Å². The molecular formula is C21H26N2O3. The summed E-state index contributed by atoms with van der Waals surface area (Å²) in [5, 5.41) is 3.61. The van der Waals surface area contributed by atoms with Gasteiger partial charge in [-0.3, -0.25) is 9.78 Å². The molecule has 26 heavy (non-hydrogen) atoms. The highest BCUT2D eigenvalue weighted by molar-refractivity contribution is 6.05. The first kappa shape index (κ1) is 18.4. The number of unbranched alkanes of at least 4 members (excludes halogenated alkanes) is 3. The summed E-state index contributed by atoms with van der Waals surface area (Å²) in [6.45, 7) is 2.54. The van der Waals surface area contributed by atoms with E-state index >= 15 is 0 Å². The highest BCUT2D eigenvalue weighted by Crippen LogP contribution is 2.30. The van der Waals surface area contributed by atoms with E-state index in [4.69, 9.17) is 4.74 Å². The molecule has 0 unspecified atom stereocenters. The molecule has 1 aliphatic rings. The number of benzene rings is 1. The number of aromatic nitrogens is 1. The fourth-order valence-corrected chi connectivity index (χ4v) is 3.48. The van der Waals surface area contributed by atoms with Gasteiger partial charge in [-0.1, -0.05) is 44.4 Å². The van der Waals surface area contributed by atoms with Gasteiger partial charge in [0.25, 0.3) is 5.91 Å². The number of para-hydroxylation sites is 1. The lowest BCUT2D eigenvalue weighted by atomic mass is 10.0. The van der Waals surface area contributed by atoms with Gasteiger partial charge in [0, 0.05) is 17.6 Å². The van der Waals surface area contributed by atoms with Gasteiger partial charge < -0.3 is 10.1 Å². The Labute approximate surface area is 154 Å². The van der Waals surface area contributed by atoms with Crippen molar-refractivity contribution < 1.29 is 14.3 Å². The van der Waals surface area contributed by atoms with Gasteiger partial charge in [-0.2, -0.15) is 0 Å². The van der Waals surface area contributed by atoms with Crippen LogP contribution < -0.4 is 5.32 Å². The van der Waals surface area contributed by atoms with Crippen LogP contribution in [0.25, 0.3) is 10.9 Å². The zero-order chi connectivity index (χ0) is 18.4. The Hall–Kier alpha value is -2.43. The second kappa shape index (κ2) is 8.79. The van der Waals surface area contributed by atoms with Crippen molar-refractivity contribution in [2.24, 2.45) is 0 Å². The number of carbonyl (C=O) groups excluding carboxylic acids is 2. The number of rotatable bonds is 8. The van der Waals surface area contributed by atoms with Crippen LogP contribution in [0.5, 0.6) is 0 Å². The third kappa shape index (κ3) is 4.21. The van der Waals surface area contributed by atoms with Crippen LogP contribution in [0, 0.1) is 0 Å². The van der Waals surface area contributed by atoms with Crippen molar-refractivity contribution in [3.05, 3.63) is 41.1 Å². The Morgan fingerprint density at radius 2 is 2.00 bits per heavy atom. The van der Waals surface area contributed by atoms with Crippen LogP contribution in [0.15, 0.2) is 24.3 Å². The number of aryl methyl sites for hydroxylation is 1. The Morgan fingerprint density at radius 1 is 1.15 bits per heavy atom. The van der Waals surface area contributed by atoms with E-state index in [1.807, 2.05) is 24.3 Å². The summed E-state index contributed by atoms with van der Waals surface area (Å²) in [6.07, 6.45) is 7.11. The third-order valence-electron chi connectivity index (χ3n) is 4.81. The second-order valence-electron chi connectivity index (χ2n) is 6.77. The molecule has 1 aliphatic carbocycles. The van der Waals surface area contributed by atoms with E-state index in [0.29, 0.717) is 12.1 Å². The molecule has 3 rings (SSSR count). The minimum absolute atomic E-state index is 0.238. The van der Waals surface area contributed by atoms with Crippen LogP contribution in [0.3, 0.4) is 0 Å². The number of nitrogens with zero attached hydrogens (tertiary/aromatic N) is 1. The smallest absolute Gasteiger partial charge is 0.339 e. The van der Waals surface area contributed by atoms with Crippen LogP contribution in [0.2, 0.25) is 0 Å².